The summed E-state index contributed by atoms with van der Waals surface area (Å²) < 4.78 is 11.2. The fourth-order valence-electron chi connectivity index (χ4n) is 3.88. The normalized spacial score (nSPS) is 10.6. The summed E-state index contributed by atoms with van der Waals surface area (Å²) in [5, 5.41) is 14.2. The van der Waals surface area contributed by atoms with E-state index in [1.807, 2.05) is 92.7 Å². The Hall–Kier alpha value is -4.12. The Morgan fingerprint density at radius 1 is 0.697 bits per heavy atom. The summed E-state index contributed by atoms with van der Waals surface area (Å²) in [7, 11) is 0. The van der Waals surface area contributed by atoms with E-state index in [-0.39, 0.29) is 5.75 Å². The zero-order chi connectivity index (χ0) is 23.2. The smallest absolute Gasteiger partial charge is 0.125 e. The Morgan fingerprint density at radius 3 is 2.06 bits per heavy atom. The van der Waals surface area contributed by atoms with Crippen molar-refractivity contribution in [2.45, 2.75) is 13.8 Å². The monoisotopic (exact) mass is 440 g/mol. The SMILES string of the molecule is CCOc1ccc(-c2c(N)cccc2Nc2cccc(O)c2-c2cccc(OCC)c2)cc1. The first-order valence-electron chi connectivity index (χ1n) is 11.0. The fourth-order valence-corrected chi connectivity index (χ4v) is 3.88. The van der Waals surface area contributed by atoms with Crippen molar-refractivity contribution in [2.75, 3.05) is 24.3 Å². The van der Waals surface area contributed by atoms with Gasteiger partial charge in [0.15, 0.2) is 0 Å². The zero-order valence-electron chi connectivity index (χ0n) is 18.8. The van der Waals surface area contributed by atoms with Crippen LogP contribution in [0.5, 0.6) is 17.2 Å². The Morgan fingerprint density at radius 2 is 1.33 bits per heavy atom. The van der Waals surface area contributed by atoms with E-state index < -0.39 is 0 Å². The highest BCUT2D eigenvalue weighted by molar-refractivity contribution is 5.93. The van der Waals surface area contributed by atoms with E-state index in [9.17, 15) is 5.11 Å². The molecule has 0 aliphatic heterocycles. The molecule has 4 rings (SSSR count). The molecule has 0 aromatic heterocycles. The maximum Gasteiger partial charge on any atom is 0.125 e. The minimum Gasteiger partial charge on any atom is -0.507 e. The third-order valence-corrected chi connectivity index (χ3v) is 5.30. The molecule has 5 nitrogen and oxygen atoms in total. The highest BCUT2D eigenvalue weighted by atomic mass is 16.5. The van der Waals surface area contributed by atoms with E-state index in [0.717, 1.165) is 39.6 Å². The van der Waals surface area contributed by atoms with Crippen LogP contribution in [0, 0.1) is 0 Å². The molecule has 0 heterocycles. The summed E-state index contributed by atoms with van der Waals surface area (Å²) in [6.07, 6.45) is 0. The van der Waals surface area contributed by atoms with Crippen LogP contribution in [0.3, 0.4) is 0 Å². The number of rotatable bonds is 8. The van der Waals surface area contributed by atoms with Crippen LogP contribution in [0.4, 0.5) is 17.1 Å². The van der Waals surface area contributed by atoms with E-state index in [1.165, 1.54) is 0 Å². The molecule has 0 bridgehead atoms. The molecule has 0 fully saturated rings. The molecule has 4 aromatic carbocycles. The number of ether oxygens (including phenoxy) is 2. The molecule has 0 aliphatic rings. The molecular formula is C28H28N2O3. The van der Waals surface area contributed by atoms with Crippen molar-refractivity contribution in [3.05, 3.63) is 84.9 Å². The van der Waals surface area contributed by atoms with Crippen molar-refractivity contribution in [1.29, 1.82) is 0 Å². The topological polar surface area (TPSA) is 76.7 Å². The first-order chi connectivity index (χ1) is 16.1. The van der Waals surface area contributed by atoms with E-state index in [1.54, 1.807) is 6.07 Å². The van der Waals surface area contributed by atoms with Gasteiger partial charge in [-0.05, 0) is 73.5 Å². The van der Waals surface area contributed by atoms with E-state index in [2.05, 4.69) is 5.32 Å². The average molecular weight is 441 g/mol. The highest BCUT2D eigenvalue weighted by Gasteiger charge is 2.15. The number of phenolic OH excluding ortho intramolecular Hbond substituents is 1. The van der Waals surface area contributed by atoms with Gasteiger partial charge >= 0.3 is 0 Å². The van der Waals surface area contributed by atoms with E-state index in [0.29, 0.717) is 24.5 Å². The molecule has 168 valence electrons. The van der Waals surface area contributed by atoms with Crippen LogP contribution >= 0.6 is 0 Å². The molecular weight excluding hydrogens is 412 g/mol. The van der Waals surface area contributed by atoms with Gasteiger partial charge in [0.05, 0.1) is 18.9 Å². The Kier molecular flexibility index (Phi) is 6.69. The fraction of sp³-hybridized carbons (Fsp3) is 0.143. The van der Waals surface area contributed by atoms with Gasteiger partial charge in [-0.3, -0.25) is 0 Å². The van der Waals surface area contributed by atoms with Crippen LogP contribution in [0.1, 0.15) is 13.8 Å². The zero-order valence-corrected chi connectivity index (χ0v) is 18.8. The summed E-state index contributed by atoms with van der Waals surface area (Å²) in [6.45, 7) is 5.10. The number of hydrogen-bond acceptors (Lipinski definition) is 5. The van der Waals surface area contributed by atoms with Crippen LogP contribution in [-0.2, 0) is 0 Å². The second-order valence-electron chi connectivity index (χ2n) is 7.51. The Labute approximate surface area is 194 Å². The molecule has 0 saturated heterocycles. The molecule has 0 unspecified atom stereocenters. The lowest BCUT2D eigenvalue weighted by Crippen LogP contribution is -1.99. The van der Waals surface area contributed by atoms with Gasteiger partial charge in [-0.25, -0.2) is 0 Å². The summed E-state index contributed by atoms with van der Waals surface area (Å²) in [4.78, 5) is 0. The number of nitrogen functional groups attached to an aromatic ring is 1. The minimum absolute atomic E-state index is 0.181. The van der Waals surface area contributed by atoms with Gasteiger partial charge in [-0.1, -0.05) is 36.4 Å². The van der Waals surface area contributed by atoms with Crippen LogP contribution in [0.25, 0.3) is 22.3 Å². The van der Waals surface area contributed by atoms with Crippen molar-refractivity contribution in [1.82, 2.24) is 0 Å². The van der Waals surface area contributed by atoms with Gasteiger partial charge in [-0.2, -0.15) is 0 Å². The van der Waals surface area contributed by atoms with Crippen molar-refractivity contribution >= 4 is 17.1 Å². The van der Waals surface area contributed by atoms with Gasteiger partial charge in [0.1, 0.15) is 17.2 Å². The molecule has 5 heteroatoms. The van der Waals surface area contributed by atoms with Crippen LogP contribution < -0.4 is 20.5 Å². The van der Waals surface area contributed by atoms with Gasteiger partial charge < -0.3 is 25.6 Å². The minimum atomic E-state index is 0.181. The molecule has 0 atom stereocenters. The first kappa shape index (κ1) is 22.1. The summed E-state index contributed by atoms with van der Waals surface area (Å²) >= 11 is 0. The third kappa shape index (κ3) is 4.88. The molecule has 0 saturated carbocycles. The lowest BCUT2D eigenvalue weighted by molar-refractivity contribution is 0.340. The van der Waals surface area contributed by atoms with Gasteiger partial charge in [0, 0.05) is 22.5 Å². The lowest BCUT2D eigenvalue weighted by atomic mass is 9.99. The largest absolute Gasteiger partial charge is 0.507 e. The lowest BCUT2D eigenvalue weighted by Gasteiger charge is -2.18. The van der Waals surface area contributed by atoms with Crippen molar-refractivity contribution in [3.8, 4) is 39.5 Å². The molecule has 0 amide bonds. The molecule has 33 heavy (non-hydrogen) atoms. The van der Waals surface area contributed by atoms with Gasteiger partial charge in [0.2, 0.25) is 0 Å². The second-order valence-corrected chi connectivity index (χ2v) is 7.51. The maximum absolute atomic E-state index is 10.7. The standard InChI is InChI=1S/C28H28N2O3/c1-3-32-21-16-14-19(15-17-21)27-23(29)10-6-11-24(27)30-25-12-7-13-26(31)28(25)20-8-5-9-22(18-20)33-4-2/h5-18,30-31H,3-4,29H2,1-2H3. The average Bonchev–Trinajstić information content (AvgIpc) is 2.81. The Balaban J connectivity index is 1.76. The van der Waals surface area contributed by atoms with Crippen LogP contribution in [0.15, 0.2) is 84.9 Å². The first-order valence-corrected chi connectivity index (χ1v) is 11.0. The molecule has 0 aliphatic carbocycles. The quantitative estimate of drug-likeness (QED) is 0.261. The van der Waals surface area contributed by atoms with Crippen molar-refractivity contribution in [2.24, 2.45) is 0 Å². The van der Waals surface area contributed by atoms with Gasteiger partial charge in [0.25, 0.3) is 0 Å². The summed E-state index contributed by atoms with van der Waals surface area (Å²) in [5.74, 6) is 1.75. The number of hydrogen-bond donors (Lipinski definition) is 3. The molecule has 4 N–H and O–H groups in total. The number of nitrogens with one attached hydrogen (secondary N) is 1. The number of anilines is 3. The molecule has 4 aromatic rings. The summed E-state index contributed by atoms with van der Waals surface area (Å²) in [5.41, 5.74) is 12.1. The highest BCUT2D eigenvalue weighted by Crippen LogP contribution is 2.41. The van der Waals surface area contributed by atoms with E-state index >= 15 is 0 Å². The molecule has 0 spiro atoms. The Bertz CT molecular complexity index is 1240. The third-order valence-electron chi connectivity index (χ3n) is 5.30. The van der Waals surface area contributed by atoms with Crippen molar-refractivity contribution in [3.63, 3.8) is 0 Å². The number of phenols is 1. The van der Waals surface area contributed by atoms with Crippen LogP contribution in [-0.4, -0.2) is 18.3 Å². The molecule has 0 radical (unpaired) electrons. The second kappa shape index (κ2) is 10.0. The summed E-state index contributed by atoms with van der Waals surface area (Å²) in [6, 6.07) is 26.8. The maximum atomic E-state index is 10.7. The number of nitrogens with two attached hydrogens (primary N) is 1. The number of aromatic hydroxyl groups is 1. The predicted octanol–water partition coefficient (Wildman–Crippen LogP) is 6.85. The number of benzene rings is 4. The van der Waals surface area contributed by atoms with Crippen LogP contribution in [0.2, 0.25) is 0 Å². The van der Waals surface area contributed by atoms with Gasteiger partial charge in [-0.15, -0.1) is 0 Å². The van der Waals surface area contributed by atoms with Crippen molar-refractivity contribution < 1.29 is 14.6 Å². The van der Waals surface area contributed by atoms with E-state index in [4.69, 9.17) is 15.2 Å². The predicted molar refractivity (Wildman–Crippen MR) is 135 cm³/mol.